The van der Waals surface area contributed by atoms with Crippen LogP contribution in [0.15, 0.2) is 188 Å². The third kappa shape index (κ3) is 8.42. The predicted octanol–water partition coefficient (Wildman–Crippen LogP) is 17.5. The summed E-state index contributed by atoms with van der Waals surface area (Å²) >= 11 is 2.61. The van der Waals surface area contributed by atoms with Gasteiger partial charge in [0.05, 0.1) is 0 Å². The first-order valence-corrected chi connectivity index (χ1v) is 26.7. The maximum atomic E-state index is 6.93. The number of fused-ring (bicyclic) bond motifs is 5. The molecule has 0 bridgehead atoms. The standard InChI is InChI=1S/C67H58N4O.Pt/c1-44-27-33-59(69-43-70(62-26-18-17-25-61(62)69)65-55(46-21-13-9-14-22-46)38-50(67(5,6)7)39-56(65)47-23-15-10-16-24-47)58-41-51(29-31-53(44)58)72-52-30-32-54-57-37-48(45-19-11-8-12-20-45)28-34-60(57)71(63(54)42-52)64-40-49(35-36-68-64)66(2,3)4;/h8-26,28-32,34-40,44,59H,27,33H2,1-7H3;/q-2;. The van der Waals surface area contributed by atoms with Crippen LogP contribution in [0.25, 0.3) is 77.7 Å². The molecule has 0 fully saturated rings. The molecule has 3 aromatic heterocycles. The SMILES string of the molecule is CC1CCC(n2[c](=[Pt])n(-c3c(-c4ccccc4)cc(C(C)(C)C)cc3-c3ccccc3)c3ccccc32)c2[c-]c(Oc3[c-]c4c(cc3)c3cc(-c5ccccc5)ccc3n4-c3cc(C(C)(C)C)ccn3)ccc21. The molecule has 0 N–H and O–H groups in total. The zero-order valence-electron chi connectivity index (χ0n) is 42.5. The van der Waals surface area contributed by atoms with Gasteiger partial charge < -0.3 is 0 Å². The molecule has 0 saturated carbocycles. The van der Waals surface area contributed by atoms with Gasteiger partial charge in [-0.15, -0.1) is 0 Å². The van der Waals surface area contributed by atoms with Crippen LogP contribution in [-0.2, 0) is 30.2 Å². The molecule has 0 radical (unpaired) electrons. The number of para-hydroxylation sites is 2. The van der Waals surface area contributed by atoms with Crippen LogP contribution in [0, 0.1) is 15.9 Å². The number of hydrogen-bond donors (Lipinski definition) is 0. The van der Waals surface area contributed by atoms with Crippen molar-refractivity contribution in [1.82, 2.24) is 18.7 Å². The fraction of sp³-hybridized carbons (Fsp3) is 0.194. The van der Waals surface area contributed by atoms with E-state index in [0.717, 1.165) is 49.8 Å². The van der Waals surface area contributed by atoms with Crippen molar-refractivity contribution >= 4 is 32.8 Å². The molecular weight excluding hydrogens is 1070 g/mol. The van der Waals surface area contributed by atoms with E-state index < -0.39 is 0 Å². The van der Waals surface area contributed by atoms with Crippen LogP contribution < -0.4 is 4.74 Å². The van der Waals surface area contributed by atoms with E-state index >= 15 is 0 Å². The molecule has 5 nitrogen and oxygen atoms in total. The van der Waals surface area contributed by atoms with Gasteiger partial charge in [-0.05, 0) is 40.3 Å². The molecule has 0 aliphatic heterocycles. The first-order valence-electron chi connectivity index (χ1n) is 25.5. The van der Waals surface area contributed by atoms with Gasteiger partial charge >= 0.3 is 328 Å². The molecule has 73 heavy (non-hydrogen) atoms. The Morgan fingerprint density at radius 1 is 0.534 bits per heavy atom. The van der Waals surface area contributed by atoms with Crippen molar-refractivity contribution in [3.63, 3.8) is 0 Å². The molecule has 1 aliphatic rings. The van der Waals surface area contributed by atoms with Crippen molar-refractivity contribution < 1.29 is 24.1 Å². The van der Waals surface area contributed by atoms with Crippen LogP contribution in [-0.4, -0.2) is 18.7 Å². The number of rotatable bonds is 8. The van der Waals surface area contributed by atoms with E-state index in [1.54, 1.807) is 0 Å². The summed E-state index contributed by atoms with van der Waals surface area (Å²) in [7, 11) is 0. The molecule has 3 heterocycles. The molecule has 2 atom stereocenters. The zero-order valence-corrected chi connectivity index (χ0v) is 44.8. The number of pyridine rings is 1. The van der Waals surface area contributed by atoms with Crippen LogP contribution >= 0.6 is 0 Å². The maximum absolute atomic E-state index is 6.93. The summed E-state index contributed by atoms with van der Waals surface area (Å²) in [6.45, 7) is 16.0. The van der Waals surface area contributed by atoms with E-state index in [2.05, 4.69) is 276 Å². The Bertz CT molecular complexity index is 3880. The van der Waals surface area contributed by atoms with Gasteiger partial charge in [0.2, 0.25) is 0 Å². The quantitative estimate of drug-likeness (QED) is 0.142. The van der Waals surface area contributed by atoms with E-state index in [-0.39, 0.29) is 16.9 Å². The van der Waals surface area contributed by atoms with Gasteiger partial charge in [0.1, 0.15) is 0 Å². The number of imidazole rings is 1. The van der Waals surface area contributed by atoms with E-state index in [0.29, 0.717) is 17.4 Å². The van der Waals surface area contributed by atoms with Crippen molar-refractivity contribution in [2.75, 3.05) is 0 Å². The third-order valence-corrected chi connectivity index (χ3v) is 16.0. The Labute approximate surface area is 439 Å². The Morgan fingerprint density at radius 2 is 1.14 bits per heavy atom. The van der Waals surface area contributed by atoms with Crippen molar-refractivity contribution in [3.05, 3.63) is 226 Å². The number of benzene rings is 8. The van der Waals surface area contributed by atoms with Gasteiger partial charge in [-0.25, -0.2) is 4.98 Å². The minimum atomic E-state index is -0.0700. The van der Waals surface area contributed by atoms with Gasteiger partial charge in [0, 0.05) is 6.20 Å². The topological polar surface area (TPSA) is 36.9 Å². The number of hydrogen-bond acceptors (Lipinski definition) is 2. The fourth-order valence-electron chi connectivity index (χ4n) is 11.0. The molecule has 2 unspecified atom stereocenters. The average Bonchev–Trinajstić information content (AvgIpc) is 3.88. The molecule has 1 aliphatic carbocycles. The molecule has 0 saturated heterocycles. The molecule has 8 aromatic carbocycles. The molecule has 0 amide bonds. The van der Waals surface area contributed by atoms with Gasteiger partial charge in [-0.1, -0.05) is 63.2 Å². The molecular formula is C67H58N4OPt-2. The zero-order chi connectivity index (χ0) is 50.2. The number of nitrogens with zero attached hydrogens (tertiary/aromatic N) is 4. The Kier molecular flexibility index (Phi) is 11.7. The monoisotopic (exact) mass is 1130 g/mol. The van der Waals surface area contributed by atoms with Crippen LogP contribution in [0.1, 0.15) is 95.5 Å². The second kappa shape index (κ2) is 18.3. The normalized spacial score (nSPS) is 15.0. The van der Waals surface area contributed by atoms with Crippen LogP contribution in [0.2, 0.25) is 0 Å². The van der Waals surface area contributed by atoms with Gasteiger partial charge in [0.25, 0.3) is 0 Å². The first-order chi connectivity index (χ1) is 35.3. The Morgan fingerprint density at radius 3 is 1.79 bits per heavy atom. The number of ether oxygens (including phenoxy) is 1. The van der Waals surface area contributed by atoms with Gasteiger partial charge in [-0.2, -0.15) is 0 Å². The summed E-state index contributed by atoms with van der Waals surface area (Å²) in [6.07, 6.45) is 3.95. The molecule has 0 spiro atoms. The van der Waals surface area contributed by atoms with Crippen LogP contribution in [0.4, 0.5) is 0 Å². The van der Waals surface area contributed by atoms with Gasteiger partial charge in [0.15, 0.2) is 0 Å². The van der Waals surface area contributed by atoms with E-state index in [1.807, 2.05) is 6.20 Å². The second-order valence-corrected chi connectivity index (χ2v) is 22.8. The fourth-order valence-corrected chi connectivity index (χ4v) is 12.2. The second-order valence-electron chi connectivity index (χ2n) is 21.8. The summed E-state index contributed by atoms with van der Waals surface area (Å²) in [4.78, 5) is 4.98. The van der Waals surface area contributed by atoms with Crippen molar-refractivity contribution in [1.29, 1.82) is 0 Å². The molecule has 364 valence electrons. The van der Waals surface area contributed by atoms with Crippen molar-refractivity contribution in [2.45, 2.75) is 84.1 Å². The number of aromatic nitrogens is 4. The first kappa shape index (κ1) is 46.7. The average molecular weight is 1130 g/mol. The third-order valence-electron chi connectivity index (χ3n) is 15.0. The predicted molar refractivity (Wildman–Crippen MR) is 297 cm³/mol. The van der Waals surface area contributed by atoms with Crippen LogP contribution in [0.3, 0.4) is 0 Å². The van der Waals surface area contributed by atoms with Crippen molar-refractivity contribution in [3.8, 4) is 56.4 Å². The Balaban J connectivity index is 1.01. The van der Waals surface area contributed by atoms with E-state index in [1.165, 1.54) is 66.8 Å². The summed E-state index contributed by atoms with van der Waals surface area (Å²) < 4.78 is 15.4. The summed E-state index contributed by atoms with van der Waals surface area (Å²) in [5.74, 6) is 2.53. The van der Waals surface area contributed by atoms with Gasteiger partial charge in [-0.3, -0.25) is 0 Å². The Hall–Kier alpha value is -7.33. The summed E-state index contributed by atoms with van der Waals surface area (Å²) in [5.41, 5.74) is 17.5. The minimum absolute atomic E-state index is 0.0107. The van der Waals surface area contributed by atoms with Crippen LogP contribution in [0.5, 0.6) is 11.5 Å². The summed E-state index contributed by atoms with van der Waals surface area (Å²) in [5, 5.41) is 2.23. The van der Waals surface area contributed by atoms with E-state index in [4.69, 9.17) is 9.72 Å². The molecule has 6 heteroatoms. The molecule has 11 aromatic rings. The summed E-state index contributed by atoms with van der Waals surface area (Å²) in [6, 6.07) is 73.5. The molecule has 12 rings (SSSR count). The van der Waals surface area contributed by atoms with Crippen molar-refractivity contribution in [2.24, 2.45) is 0 Å². The van der Waals surface area contributed by atoms with E-state index in [9.17, 15) is 0 Å².